The summed E-state index contributed by atoms with van der Waals surface area (Å²) in [6.07, 6.45) is 4.00. The van der Waals surface area contributed by atoms with E-state index in [4.69, 9.17) is 0 Å². The standard InChI is InChI=1S/C18H22N4O5/c1-2-12-7-9-18(10-8-12)16(24)21(17(25)20-18)11-15(23)19-13-3-5-14(6-4-13)22(26)27/h3-6,12H,2,7-11H2,1H3,(H,19,23)(H,20,25). The lowest BCUT2D eigenvalue weighted by Gasteiger charge is -2.34. The van der Waals surface area contributed by atoms with Gasteiger partial charge in [0.05, 0.1) is 4.92 Å². The molecule has 3 rings (SSSR count). The van der Waals surface area contributed by atoms with E-state index in [0.717, 1.165) is 24.2 Å². The predicted octanol–water partition coefficient (Wildman–Crippen LogP) is 2.42. The minimum atomic E-state index is -0.879. The number of urea groups is 1. The van der Waals surface area contributed by atoms with E-state index in [0.29, 0.717) is 24.4 Å². The molecule has 1 heterocycles. The minimum Gasteiger partial charge on any atom is -0.325 e. The van der Waals surface area contributed by atoms with Gasteiger partial charge in [0, 0.05) is 17.8 Å². The lowest BCUT2D eigenvalue weighted by molar-refractivity contribution is -0.384. The highest BCUT2D eigenvalue weighted by Gasteiger charge is 2.52. The Labute approximate surface area is 156 Å². The Hall–Kier alpha value is -2.97. The number of nitrogens with one attached hydrogen (secondary N) is 2. The van der Waals surface area contributed by atoms with Gasteiger partial charge in [-0.3, -0.25) is 24.6 Å². The van der Waals surface area contributed by atoms with Gasteiger partial charge in [0.25, 0.3) is 11.6 Å². The topological polar surface area (TPSA) is 122 Å². The summed E-state index contributed by atoms with van der Waals surface area (Å²) in [5, 5.41) is 16.0. The van der Waals surface area contributed by atoms with Gasteiger partial charge < -0.3 is 10.6 Å². The van der Waals surface area contributed by atoms with Crippen LogP contribution in [0.3, 0.4) is 0 Å². The number of non-ortho nitro benzene ring substituents is 1. The lowest BCUT2D eigenvalue weighted by atomic mass is 9.75. The van der Waals surface area contributed by atoms with E-state index in [9.17, 15) is 24.5 Å². The summed E-state index contributed by atoms with van der Waals surface area (Å²) < 4.78 is 0. The van der Waals surface area contributed by atoms with E-state index in [1.165, 1.54) is 24.3 Å². The predicted molar refractivity (Wildman–Crippen MR) is 97.0 cm³/mol. The van der Waals surface area contributed by atoms with Crippen LogP contribution in [0.4, 0.5) is 16.2 Å². The molecule has 1 aliphatic carbocycles. The third-order valence-corrected chi connectivity index (χ3v) is 5.45. The molecule has 144 valence electrons. The van der Waals surface area contributed by atoms with Gasteiger partial charge in [0.15, 0.2) is 0 Å². The molecule has 4 amide bonds. The Balaban J connectivity index is 1.61. The Kier molecular flexibility index (Phi) is 5.11. The quantitative estimate of drug-likeness (QED) is 0.466. The number of hydrogen-bond acceptors (Lipinski definition) is 5. The molecular formula is C18H22N4O5. The maximum absolute atomic E-state index is 12.8. The number of benzene rings is 1. The monoisotopic (exact) mass is 374 g/mol. The molecular weight excluding hydrogens is 352 g/mol. The van der Waals surface area contributed by atoms with E-state index in [2.05, 4.69) is 17.6 Å². The summed E-state index contributed by atoms with van der Waals surface area (Å²) in [7, 11) is 0. The lowest BCUT2D eigenvalue weighted by Crippen LogP contribution is -2.49. The number of anilines is 1. The minimum absolute atomic E-state index is 0.0910. The molecule has 0 unspecified atom stereocenters. The number of nitro groups is 1. The van der Waals surface area contributed by atoms with Gasteiger partial charge in [-0.2, -0.15) is 0 Å². The van der Waals surface area contributed by atoms with Crippen molar-refractivity contribution in [2.24, 2.45) is 5.92 Å². The van der Waals surface area contributed by atoms with Crippen molar-refractivity contribution < 1.29 is 19.3 Å². The summed E-state index contributed by atoms with van der Waals surface area (Å²) in [5.74, 6) is -0.313. The number of carbonyl (C=O) groups is 3. The average Bonchev–Trinajstić information content (AvgIpc) is 2.87. The molecule has 0 bridgehead atoms. The van der Waals surface area contributed by atoms with Crippen LogP contribution in [-0.2, 0) is 9.59 Å². The summed E-state index contributed by atoms with van der Waals surface area (Å²) in [6, 6.07) is 4.79. The summed E-state index contributed by atoms with van der Waals surface area (Å²) in [4.78, 5) is 48.3. The first-order valence-corrected chi connectivity index (χ1v) is 9.03. The fraction of sp³-hybridized carbons (Fsp3) is 0.500. The Morgan fingerprint density at radius 2 is 1.93 bits per heavy atom. The zero-order valence-electron chi connectivity index (χ0n) is 15.1. The Bertz CT molecular complexity index is 768. The summed E-state index contributed by atoms with van der Waals surface area (Å²) in [6.45, 7) is 1.73. The SMILES string of the molecule is CCC1CCC2(CC1)NC(=O)N(CC(=O)Nc1ccc([N+](=O)[O-])cc1)C2=O. The third kappa shape index (κ3) is 3.76. The van der Waals surface area contributed by atoms with Crippen LogP contribution in [0.15, 0.2) is 24.3 Å². The normalized spacial score (nSPS) is 24.8. The van der Waals surface area contributed by atoms with E-state index in [1.54, 1.807) is 0 Å². The largest absolute Gasteiger partial charge is 0.325 e. The fourth-order valence-corrected chi connectivity index (χ4v) is 3.75. The van der Waals surface area contributed by atoms with Crippen molar-refractivity contribution in [3.63, 3.8) is 0 Å². The van der Waals surface area contributed by atoms with Gasteiger partial charge in [0.2, 0.25) is 5.91 Å². The van der Waals surface area contributed by atoms with E-state index < -0.39 is 22.4 Å². The van der Waals surface area contributed by atoms with Crippen LogP contribution in [0.5, 0.6) is 0 Å². The van der Waals surface area contributed by atoms with Crippen molar-refractivity contribution in [3.05, 3.63) is 34.4 Å². The first kappa shape index (κ1) is 18.8. The third-order valence-electron chi connectivity index (χ3n) is 5.45. The van der Waals surface area contributed by atoms with Crippen molar-refractivity contribution in [2.45, 2.75) is 44.6 Å². The number of hydrogen-bond donors (Lipinski definition) is 2. The average molecular weight is 374 g/mol. The van der Waals surface area contributed by atoms with Gasteiger partial charge in [0.1, 0.15) is 12.1 Å². The van der Waals surface area contributed by atoms with Crippen LogP contribution in [0.1, 0.15) is 39.0 Å². The van der Waals surface area contributed by atoms with Crippen LogP contribution in [-0.4, -0.2) is 39.8 Å². The zero-order valence-corrected chi connectivity index (χ0v) is 15.1. The maximum atomic E-state index is 12.8. The molecule has 27 heavy (non-hydrogen) atoms. The number of nitro benzene ring substituents is 1. The maximum Gasteiger partial charge on any atom is 0.325 e. The molecule has 1 saturated heterocycles. The molecule has 0 radical (unpaired) electrons. The first-order chi connectivity index (χ1) is 12.8. The number of rotatable bonds is 5. The molecule has 9 nitrogen and oxygen atoms in total. The number of imide groups is 1. The van der Waals surface area contributed by atoms with Crippen LogP contribution >= 0.6 is 0 Å². The van der Waals surface area contributed by atoms with Crippen LogP contribution < -0.4 is 10.6 Å². The Morgan fingerprint density at radius 1 is 1.30 bits per heavy atom. The molecule has 0 atom stereocenters. The second-order valence-corrected chi connectivity index (χ2v) is 7.11. The second-order valence-electron chi connectivity index (χ2n) is 7.11. The second kappa shape index (κ2) is 7.34. The Morgan fingerprint density at radius 3 is 2.48 bits per heavy atom. The van der Waals surface area contributed by atoms with Crippen LogP contribution in [0.25, 0.3) is 0 Å². The highest BCUT2D eigenvalue weighted by Crippen LogP contribution is 2.37. The van der Waals surface area contributed by atoms with Crippen molar-refractivity contribution >= 4 is 29.2 Å². The molecule has 2 fully saturated rings. The number of carbonyl (C=O) groups excluding carboxylic acids is 3. The zero-order chi connectivity index (χ0) is 19.6. The molecule has 9 heteroatoms. The van der Waals surface area contributed by atoms with E-state index >= 15 is 0 Å². The number of amides is 4. The van der Waals surface area contributed by atoms with Crippen LogP contribution in [0, 0.1) is 16.0 Å². The highest BCUT2D eigenvalue weighted by molar-refractivity contribution is 6.10. The van der Waals surface area contributed by atoms with Gasteiger partial charge in [-0.25, -0.2) is 4.79 Å². The molecule has 0 aromatic heterocycles. The van der Waals surface area contributed by atoms with Crippen molar-refractivity contribution in [1.29, 1.82) is 0 Å². The van der Waals surface area contributed by atoms with E-state index in [1.807, 2.05) is 0 Å². The molecule has 1 aliphatic heterocycles. The van der Waals surface area contributed by atoms with Crippen molar-refractivity contribution in [2.75, 3.05) is 11.9 Å². The number of nitrogens with zero attached hydrogens (tertiary/aromatic N) is 2. The van der Waals surface area contributed by atoms with Crippen molar-refractivity contribution in [3.8, 4) is 0 Å². The fourth-order valence-electron chi connectivity index (χ4n) is 3.75. The molecule has 2 N–H and O–H groups in total. The summed E-state index contributed by atoms with van der Waals surface area (Å²) >= 11 is 0. The van der Waals surface area contributed by atoms with Crippen LogP contribution in [0.2, 0.25) is 0 Å². The molecule has 1 aromatic rings. The van der Waals surface area contributed by atoms with E-state index in [-0.39, 0.29) is 18.1 Å². The molecule has 1 saturated carbocycles. The van der Waals surface area contributed by atoms with Gasteiger partial charge in [-0.1, -0.05) is 13.3 Å². The molecule has 1 spiro atoms. The highest BCUT2D eigenvalue weighted by atomic mass is 16.6. The van der Waals surface area contributed by atoms with Crippen molar-refractivity contribution in [1.82, 2.24) is 10.2 Å². The van der Waals surface area contributed by atoms with Gasteiger partial charge in [-0.05, 0) is 43.7 Å². The molecule has 1 aromatic carbocycles. The van der Waals surface area contributed by atoms with Gasteiger partial charge in [-0.15, -0.1) is 0 Å². The van der Waals surface area contributed by atoms with Gasteiger partial charge >= 0.3 is 6.03 Å². The smallest absolute Gasteiger partial charge is 0.325 e. The first-order valence-electron chi connectivity index (χ1n) is 9.03. The molecule has 2 aliphatic rings. The summed E-state index contributed by atoms with van der Waals surface area (Å²) in [5.41, 5.74) is -0.612.